The van der Waals surface area contributed by atoms with Gasteiger partial charge in [0.25, 0.3) is 0 Å². The van der Waals surface area contributed by atoms with Gasteiger partial charge in [-0.15, -0.1) is 0 Å². The molecular formula is C44H35N2P. The first-order valence-electron chi connectivity index (χ1n) is 16.1. The Morgan fingerprint density at radius 1 is 0.362 bits per heavy atom. The van der Waals surface area contributed by atoms with E-state index in [2.05, 4.69) is 200 Å². The van der Waals surface area contributed by atoms with Crippen LogP contribution in [0.4, 0.5) is 34.1 Å². The van der Waals surface area contributed by atoms with Crippen molar-refractivity contribution in [2.24, 2.45) is 0 Å². The molecule has 47 heavy (non-hydrogen) atoms. The summed E-state index contributed by atoms with van der Waals surface area (Å²) in [6.07, 6.45) is 0. The van der Waals surface area contributed by atoms with Crippen LogP contribution in [-0.4, -0.2) is 0 Å². The highest BCUT2D eigenvalue weighted by atomic mass is 31.1. The fourth-order valence-electron chi connectivity index (χ4n) is 6.79. The van der Waals surface area contributed by atoms with E-state index in [0.717, 1.165) is 22.7 Å². The number of hydrogen-bond acceptors (Lipinski definition) is 2. The summed E-state index contributed by atoms with van der Waals surface area (Å²) in [5, 5.41) is 6.86. The van der Waals surface area contributed by atoms with E-state index in [1.165, 1.54) is 48.8 Å². The summed E-state index contributed by atoms with van der Waals surface area (Å²) in [6.45, 7) is 4.53. The maximum atomic E-state index is 2.46. The van der Waals surface area contributed by atoms with Crippen LogP contribution in [-0.2, 0) is 0 Å². The number of aryl methyl sites for hydroxylation is 2. The molecule has 0 unspecified atom stereocenters. The van der Waals surface area contributed by atoms with Crippen LogP contribution in [0.2, 0.25) is 0 Å². The van der Waals surface area contributed by atoms with Crippen molar-refractivity contribution in [2.75, 3.05) is 9.80 Å². The van der Waals surface area contributed by atoms with Gasteiger partial charge < -0.3 is 9.80 Å². The highest BCUT2D eigenvalue weighted by Crippen LogP contribution is 2.58. The Bertz CT molecular complexity index is 2070. The van der Waals surface area contributed by atoms with Crippen molar-refractivity contribution < 1.29 is 0 Å². The SMILES string of the molecule is Cc1cc2c(cc1N(c1ccccc1)c1ccccc1)c1cc(N(c3ccccc3)c3ccccc3)c(C)cc1p2-c1ccccc1. The number of fused-ring (bicyclic) bond motifs is 3. The standard InChI is InChI=1S/C44H35N2P/c1-32-28-43-39(30-41(32)45(34-18-8-3-9-19-34)35-20-10-4-11-21-35)40-31-42(33(2)29-44(40)47(43)38-26-16-7-17-27-38)46(36-22-12-5-13-23-36)37-24-14-6-15-25-37/h3-31H,1-2H3. The zero-order valence-electron chi connectivity index (χ0n) is 26.6. The molecule has 0 bridgehead atoms. The first kappa shape index (κ1) is 28.9. The van der Waals surface area contributed by atoms with Crippen LogP contribution in [0.25, 0.3) is 26.3 Å². The molecule has 0 radical (unpaired) electrons. The Labute approximate surface area is 277 Å². The van der Waals surface area contributed by atoms with Gasteiger partial charge in [0.2, 0.25) is 0 Å². The van der Waals surface area contributed by atoms with Gasteiger partial charge in [-0.25, -0.2) is 0 Å². The van der Waals surface area contributed by atoms with E-state index in [0.29, 0.717) is 0 Å². The fourth-order valence-corrected chi connectivity index (χ4v) is 9.58. The molecule has 226 valence electrons. The van der Waals surface area contributed by atoms with Crippen molar-refractivity contribution in [3.63, 3.8) is 0 Å². The Kier molecular flexibility index (Phi) is 7.57. The molecule has 0 aliphatic rings. The van der Waals surface area contributed by atoms with Crippen LogP contribution in [0.3, 0.4) is 0 Å². The third-order valence-electron chi connectivity index (χ3n) is 8.95. The minimum absolute atomic E-state index is 0.722. The minimum Gasteiger partial charge on any atom is -0.310 e. The normalized spacial score (nSPS) is 11.2. The van der Waals surface area contributed by atoms with E-state index in [9.17, 15) is 0 Å². The van der Waals surface area contributed by atoms with Gasteiger partial charge in [-0.05, 0) is 114 Å². The summed E-state index contributed by atoms with van der Waals surface area (Å²) in [4.78, 5) is 4.79. The molecule has 1 heterocycles. The van der Waals surface area contributed by atoms with E-state index in [1.54, 1.807) is 0 Å². The largest absolute Gasteiger partial charge is 0.310 e. The summed E-state index contributed by atoms with van der Waals surface area (Å²) in [5.74, 6) is 0. The van der Waals surface area contributed by atoms with Gasteiger partial charge >= 0.3 is 0 Å². The molecule has 0 fully saturated rings. The molecule has 8 aromatic rings. The molecule has 1 aromatic heterocycles. The second-order valence-corrected chi connectivity index (χ2v) is 14.1. The molecule has 0 saturated heterocycles. The zero-order valence-corrected chi connectivity index (χ0v) is 27.5. The van der Waals surface area contributed by atoms with Crippen molar-refractivity contribution in [1.29, 1.82) is 0 Å². The second-order valence-electron chi connectivity index (χ2n) is 12.0. The molecule has 0 N–H and O–H groups in total. The summed E-state index contributed by atoms with van der Waals surface area (Å²) < 4.78 is 0. The molecule has 8 rings (SSSR count). The lowest BCUT2D eigenvalue weighted by Gasteiger charge is -2.27. The minimum atomic E-state index is -0.722. The average molecular weight is 623 g/mol. The molecule has 2 nitrogen and oxygen atoms in total. The first-order valence-corrected chi connectivity index (χ1v) is 17.5. The first-order chi connectivity index (χ1) is 23.2. The van der Waals surface area contributed by atoms with Crippen molar-refractivity contribution in [2.45, 2.75) is 13.8 Å². The maximum absolute atomic E-state index is 2.46. The fraction of sp³-hybridized carbons (Fsp3) is 0.0455. The number of benzene rings is 7. The average Bonchev–Trinajstić information content (AvgIpc) is 3.42. The smallest absolute Gasteiger partial charge is 0.0497 e. The molecule has 0 amide bonds. The number of hydrogen-bond donors (Lipinski definition) is 0. The lowest BCUT2D eigenvalue weighted by atomic mass is 10.0. The van der Waals surface area contributed by atoms with E-state index in [4.69, 9.17) is 0 Å². The monoisotopic (exact) mass is 622 g/mol. The van der Waals surface area contributed by atoms with Crippen LogP contribution in [0.15, 0.2) is 176 Å². The third-order valence-corrected chi connectivity index (χ3v) is 11.5. The van der Waals surface area contributed by atoms with Crippen LogP contribution >= 0.6 is 7.53 Å². The maximum Gasteiger partial charge on any atom is 0.0497 e. The lowest BCUT2D eigenvalue weighted by Crippen LogP contribution is -2.11. The summed E-state index contributed by atoms with van der Waals surface area (Å²) in [6, 6.07) is 63.8. The number of nitrogens with zero attached hydrogens (tertiary/aromatic N) is 2. The van der Waals surface area contributed by atoms with Gasteiger partial charge in [-0.1, -0.05) is 111 Å². The van der Waals surface area contributed by atoms with Crippen LogP contribution in [0.5, 0.6) is 0 Å². The Balaban J connectivity index is 1.44. The van der Waals surface area contributed by atoms with E-state index < -0.39 is 7.53 Å². The molecule has 0 spiro atoms. The Morgan fingerprint density at radius 3 is 0.979 bits per heavy atom. The highest BCUT2D eigenvalue weighted by molar-refractivity contribution is 7.67. The number of rotatable bonds is 7. The summed E-state index contributed by atoms with van der Waals surface area (Å²) >= 11 is 0. The predicted octanol–water partition coefficient (Wildman–Crippen LogP) is 13.5. The number of anilines is 6. The van der Waals surface area contributed by atoms with E-state index in [-0.39, 0.29) is 0 Å². The van der Waals surface area contributed by atoms with E-state index in [1.807, 2.05) is 0 Å². The molecule has 3 heteroatoms. The second kappa shape index (κ2) is 12.3. The molecule has 7 aromatic carbocycles. The third kappa shape index (κ3) is 5.27. The van der Waals surface area contributed by atoms with Gasteiger partial charge in [0.1, 0.15) is 0 Å². The van der Waals surface area contributed by atoms with Crippen molar-refractivity contribution >= 4 is 62.7 Å². The molecule has 0 aliphatic heterocycles. The van der Waals surface area contributed by atoms with Gasteiger partial charge in [-0.3, -0.25) is 0 Å². The van der Waals surface area contributed by atoms with Gasteiger partial charge in [0, 0.05) is 44.4 Å². The van der Waals surface area contributed by atoms with E-state index >= 15 is 0 Å². The summed E-state index contributed by atoms with van der Waals surface area (Å²) in [5.41, 5.74) is 9.51. The van der Waals surface area contributed by atoms with Gasteiger partial charge in [0.15, 0.2) is 0 Å². The quantitative estimate of drug-likeness (QED) is 0.174. The molecule has 0 aliphatic carbocycles. The van der Waals surface area contributed by atoms with Crippen LogP contribution in [0, 0.1) is 13.8 Å². The van der Waals surface area contributed by atoms with Crippen LogP contribution in [0.1, 0.15) is 11.1 Å². The Hall–Kier alpha value is -5.56. The highest BCUT2D eigenvalue weighted by Gasteiger charge is 2.22. The lowest BCUT2D eigenvalue weighted by molar-refractivity contribution is 1.26. The molecule has 0 atom stereocenters. The molecular weight excluding hydrogens is 587 g/mol. The topological polar surface area (TPSA) is 6.48 Å². The van der Waals surface area contributed by atoms with Crippen molar-refractivity contribution in [3.8, 4) is 5.30 Å². The van der Waals surface area contributed by atoms with Crippen molar-refractivity contribution in [1.82, 2.24) is 0 Å². The predicted molar refractivity (Wildman–Crippen MR) is 204 cm³/mol. The van der Waals surface area contributed by atoms with Crippen molar-refractivity contribution in [3.05, 3.63) is 187 Å². The van der Waals surface area contributed by atoms with Gasteiger partial charge in [0.05, 0.1) is 0 Å². The van der Waals surface area contributed by atoms with Crippen LogP contribution < -0.4 is 9.80 Å². The zero-order chi connectivity index (χ0) is 31.7. The Morgan fingerprint density at radius 2 is 0.660 bits per heavy atom. The number of para-hydroxylation sites is 4. The molecule has 0 saturated carbocycles. The van der Waals surface area contributed by atoms with Gasteiger partial charge in [-0.2, -0.15) is 0 Å². The summed E-state index contributed by atoms with van der Waals surface area (Å²) in [7, 11) is -0.722.